The van der Waals surface area contributed by atoms with E-state index < -0.39 is 6.10 Å². The molecule has 0 aromatic heterocycles. The Balaban J connectivity index is 2.91. The summed E-state index contributed by atoms with van der Waals surface area (Å²) in [4.78, 5) is 0. The normalized spacial score (nSPS) is 12.9. The van der Waals surface area contributed by atoms with Crippen LogP contribution in [0, 0.1) is 0 Å². The predicted molar refractivity (Wildman–Crippen MR) is 59.2 cm³/mol. The highest BCUT2D eigenvalue weighted by Crippen LogP contribution is 2.22. The van der Waals surface area contributed by atoms with E-state index >= 15 is 0 Å². The number of benzene rings is 1. The van der Waals surface area contributed by atoms with E-state index in [0.29, 0.717) is 6.04 Å². The summed E-state index contributed by atoms with van der Waals surface area (Å²) in [6.07, 6.45) is -0.586. The van der Waals surface area contributed by atoms with Gasteiger partial charge in [-0.1, -0.05) is 18.2 Å². The van der Waals surface area contributed by atoms with Crippen LogP contribution < -0.4 is 11.1 Å². The molecular weight excluding hydrogens is 176 g/mol. The van der Waals surface area contributed by atoms with E-state index in [4.69, 9.17) is 5.73 Å². The third-order valence-corrected chi connectivity index (χ3v) is 1.99. The molecule has 4 N–H and O–H groups in total. The first-order valence-electron chi connectivity index (χ1n) is 4.88. The summed E-state index contributed by atoms with van der Waals surface area (Å²) in [5.41, 5.74) is 7.25. The number of aliphatic hydroxyl groups excluding tert-OH is 1. The Kier molecular flexibility index (Phi) is 3.92. The van der Waals surface area contributed by atoms with Gasteiger partial charge in [-0.15, -0.1) is 0 Å². The van der Waals surface area contributed by atoms with Crippen molar-refractivity contribution in [3.63, 3.8) is 0 Å². The Morgan fingerprint density at radius 1 is 1.36 bits per heavy atom. The second-order valence-corrected chi connectivity index (χ2v) is 3.64. The van der Waals surface area contributed by atoms with Crippen LogP contribution in [-0.4, -0.2) is 17.7 Å². The Labute approximate surface area is 84.9 Å². The molecular formula is C11H18N2O. The molecule has 3 nitrogen and oxygen atoms in total. The molecule has 0 aliphatic heterocycles. The maximum absolute atomic E-state index is 9.66. The molecule has 1 rings (SSSR count). The van der Waals surface area contributed by atoms with Crippen molar-refractivity contribution in [2.75, 3.05) is 11.9 Å². The molecule has 1 aromatic rings. The maximum Gasteiger partial charge on any atom is 0.0932 e. The minimum Gasteiger partial charge on any atom is -0.387 e. The molecule has 0 saturated carbocycles. The van der Waals surface area contributed by atoms with Crippen LogP contribution in [-0.2, 0) is 0 Å². The predicted octanol–water partition coefficient (Wildman–Crippen LogP) is 1.50. The Hall–Kier alpha value is -1.06. The maximum atomic E-state index is 9.66. The summed E-state index contributed by atoms with van der Waals surface area (Å²) in [6.45, 7) is 4.37. The molecule has 1 unspecified atom stereocenters. The molecule has 0 fully saturated rings. The second kappa shape index (κ2) is 4.98. The summed E-state index contributed by atoms with van der Waals surface area (Å²) in [7, 11) is 0. The lowest BCUT2D eigenvalue weighted by Gasteiger charge is -2.17. The fourth-order valence-corrected chi connectivity index (χ4v) is 1.36. The van der Waals surface area contributed by atoms with Crippen molar-refractivity contribution in [1.82, 2.24) is 0 Å². The van der Waals surface area contributed by atoms with Crippen molar-refractivity contribution < 1.29 is 5.11 Å². The Morgan fingerprint density at radius 2 is 2.00 bits per heavy atom. The molecule has 1 aromatic carbocycles. The number of hydrogen-bond acceptors (Lipinski definition) is 3. The van der Waals surface area contributed by atoms with Crippen LogP contribution >= 0.6 is 0 Å². The van der Waals surface area contributed by atoms with E-state index in [1.165, 1.54) is 0 Å². The van der Waals surface area contributed by atoms with Crippen molar-refractivity contribution in [3.8, 4) is 0 Å². The number of nitrogens with two attached hydrogens (primary N) is 1. The number of hydrogen-bond donors (Lipinski definition) is 3. The van der Waals surface area contributed by atoms with Gasteiger partial charge in [0.25, 0.3) is 0 Å². The van der Waals surface area contributed by atoms with E-state index in [-0.39, 0.29) is 6.54 Å². The summed E-state index contributed by atoms with van der Waals surface area (Å²) in [6, 6.07) is 8.04. The first-order valence-corrected chi connectivity index (χ1v) is 4.88. The average molecular weight is 194 g/mol. The van der Waals surface area contributed by atoms with Gasteiger partial charge in [0.1, 0.15) is 0 Å². The topological polar surface area (TPSA) is 58.3 Å². The van der Waals surface area contributed by atoms with Gasteiger partial charge in [0.2, 0.25) is 0 Å². The van der Waals surface area contributed by atoms with Gasteiger partial charge in [0.15, 0.2) is 0 Å². The standard InChI is InChI=1S/C11H18N2O/c1-8(2)13-10-6-4-3-5-9(10)11(14)7-12/h3-6,8,11,13-14H,7,12H2,1-2H3. The minimum absolute atomic E-state index is 0.247. The molecule has 0 saturated heterocycles. The van der Waals surface area contributed by atoms with Crippen LogP contribution in [0.15, 0.2) is 24.3 Å². The zero-order valence-corrected chi connectivity index (χ0v) is 8.70. The van der Waals surface area contributed by atoms with E-state index in [1.54, 1.807) is 0 Å². The van der Waals surface area contributed by atoms with E-state index in [0.717, 1.165) is 11.3 Å². The van der Waals surface area contributed by atoms with E-state index in [9.17, 15) is 5.11 Å². The van der Waals surface area contributed by atoms with Crippen molar-refractivity contribution in [1.29, 1.82) is 0 Å². The number of para-hydroxylation sites is 1. The van der Waals surface area contributed by atoms with Gasteiger partial charge in [-0.25, -0.2) is 0 Å². The minimum atomic E-state index is -0.586. The van der Waals surface area contributed by atoms with Gasteiger partial charge >= 0.3 is 0 Å². The molecule has 1 atom stereocenters. The van der Waals surface area contributed by atoms with Crippen LogP contribution in [0.25, 0.3) is 0 Å². The van der Waals surface area contributed by atoms with Crippen LogP contribution in [0.3, 0.4) is 0 Å². The molecule has 0 aliphatic rings. The third kappa shape index (κ3) is 2.72. The average Bonchev–Trinajstić information content (AvgIpc) is 2.16. The van der Waals surface area contributed by atoms with Crippen molar-refractivity contribution in [2.24, 2.45) is 5.73 Å². The van der Waals surface area contributed by atoms with Crippen LogP contribution in [0.2, 0.25) is 0 Å². The molecule has 3 heteroatoms. The highest BCUT2D eigenvalue weighted by molar-refractivity contribution is 5.52. The van der Waals surface area contributed by atoms with Crippen molar-refractivity contribution in [2.45, 2.75) is 26.0 Å². The monoisotopic (exact) mass is 194 g/mol. The molecule has 0 aliphatic carbocycles. The Bertz CT molecular complexity index is 286. The van der Waals surface area contributed by atoms with Gasteiger partial charge in [0, 0.05) is 23.8 Å². The lowest BCUT2D eigenvalue weighted by molar-refractivity contribution is 0.187. The zero-order valence-electron chi connectivity index (χ0n) is 8.70. The number of aliphatic hydroxyl groups is 1. The lowest BCUT2D eigenvalue weighted by atomic mass is 10.1. The van der Waals surface area contributed by atoms with Gasteiger partial charge in [-0.05, 0) is 19.9 Å². The summed E-state index contributed by atoms with van der Waals surface area (Å²) in [5, 5.41) is 12.9. The van der Waals surface area contributed by atoms with Gasteiger partial charge in [-0.2, -0.15) is 0 Å². The third-order valence-electron chi connectivity index (χ3n) is 1.99. The van der Waals surface area contributed by atoms with Gasteiger partial charge in [-0.3, -0.25) is 0 Å². The van der Waals surface area contributed by atoms with Crippen LogP contribution in [0.1, 0.15) is 25.5 Å². The van der Waals surface area contributed by atoms with Gasteiger partial charge < -0.3 is 16.2 Å². The van der Waals surface area contributed by atoms with Crippen molar-refractivity contribution >= 4 is 5.69 Å². The van der Waals surface area contributed by atoms with Crippen LogP contribution in [0.5, 0.6) is 0 Å². The summed E-state index contributed by atoms with van der Waals surface area (Å²) in [5.74, 6) is 0. The van der Waals surface area contributed by atoms with Gasteiger partial charge in [0.05, 0.1) is 6.10 Å². The number of anilines is 1. The summed E-state index contributed by atoms with van der Waals surface area (Å²) < 4.78 is 0. The lowest BCUT2D eigenvalue weighted by Crippen LogP contribution is -2.16. The molecule has 14 heavy (non-hydrogen) atoms. The SMILES string of the molecule is CC(C)Nc1ccccc1C(O)CN. The zero-order chi connectivity index (χ0) is 10.6. The largest absolute Gasteiger partial charge is 0.387 e. The summed E-state index contributed by atoms with van der Waals surface area (Å²) >= 11 is 0. The van der Waals surface area contributed by atoms with E-state index in [1.807, 2.05) is 24.3 Å². The second-order valence-electron chi connectivity index (χ2n) is 3.64. The van der Waals surface area contributed by atoms with E-state index in [2.05, 4.69) is 19.2 Å². The highest BCUT2D eigenvalue weighted by Gasteiger charge is 2.10. The fraction of sp³-hybridized carbons (Fsp3) is 0.455. The van der Waals surface area contributed by atoms with Crippen LogP contribution in [0.4, 0.5) is 5.69 Å². The quantitative estimate of drug-likeness (QED) is 0.680. The highest BCUT2D eigenvalue weighted by atomic mass is 16.3. The fourth-order valence-electron chi connectivity index (χ4n) is 1.36. The molecule has 0 radical (unpaired) electrons. The smallest absolute Gasteiger partial charge is 0.0932 e. The molecule has 78 valence electrons. The first kappa shape index (κ1) is 11.0. The molecule has 0 spiro atoms. The molecule has 0 bridgehead atoms. The number of nitrogens with one attached hydrogen (secondary N) is 1. The first-order chi connectivity index (χ1) is 6.65. The number of rotatable bonds is 4. The van der Waals surface area contributed by atoms with Crippen molar-refractivity contribution in [3.05, 3.63) is 29.8 Å². The molecule has 0 amide bonds. The Morgan fingerprint density at radius 3 is 2.57 bits per heavy atom. The molecule has 0 heterocycles.